The number of morpholine rings is 1. The molecule has 108 valence electrons. The maximum atomic E-state index is 6.10. The Morgan fingerprint density at radius 3 is 2.55 bits per heavy atom. The molecule has 1 aliphatic carbocycles. The van der Waals surface area contributed by atoms with Crippen LogP contribution in [0.3, 0.4) is 0 Å². The molecule has 7 heteroatoms. The molecule has 2 bridgehead atoms. The van der Waals surface area contributed by atoms with Crippen LogP contribution in [0.25, 0.3) is 0 Å². The van der Waals surface area contributed by atoms with Crippen LogP contribution in [0.15, 0.2) is 0 Å². The highest BCUT2D eigenvalue weighted by molar-refractivity contribution is 6.28. The van der Waals surface area contributed by atoms with E-state index in [1.807, 2.05) is 0 Å². The molecule has 1 aromatic rings. The number of aromatic nitrogens is 3. The molecule has 1 saturated carbocycles. The standard InChI is InChI=1S/C13H18ClN5O/c14-11-15-12(18-3-5-20-6-4-18)17-13(16-11)19-8-9-1-2-10(19)7-9/h9-10H,1-8H2. The maximum Gasteiger partial charge on any atom is 0.231 e. The van der Waals surface area contributed by atoms with Crippen LogP contribution in [0, 0.1) is 5.92 Å². The highest BCUT2D eigenvalue weighted by Crippen LogP contribution is 2.39. The molecule has 2 atom stereocenters. The van der Waals surface area contributed by atoms with Crippen molar-refractivity contribution in [2.24, 2.45) is 5.92 Å². The van der Waals surface area contributed by atoms with Gasteiger partial charge >= 0.3 is 0 Å². The van der Waals surface area contributed by atoms with Gasteiger partial charge in [0.1, 0.15) is 0 Å². The minimum atomic E-state index is 0.291. The second-order valence-electron chi connectivity index (χ2n) is 5.79. The predicted molar refractivity (Wildman–Crippen MR) is 76.3 cm³/mol. The molecule has 3 fully saturated rings. The van der Waals surface area contributed by atoms with Gasteiger partial charge in [-0.25, -0.2) is 0 Å². The fraction of sp³-hybridized carbons (Fsp3) is 0.769. The molecule has 1 aromatic heterocycles. The van der Waals surface area contributed by atoms with E-state index in [0.29, 0.717) is 30.5 Å². The van der Waals surface area contributed by atoms with E-state index in [2.05, 4.69) is 24.8 Å². The van der Waals surface area contributed by atoms with E-state index in [1.165, 1.54) is 19.3 Å². The predicted octanol–water partition coefficient (Wildman–Crippen LogP) is 1.35. The van der Waals surface area contributed by atoms with Gasteiger partial charge < -0.3 is 14.5 Å². The van der Waals surface area contributed by atoms with Crippen LogP contribution in [-0.2, 0) is 4.74 Å². The first kappa shape index (κ1) is 12.6. The molecule has 0 amide bonds. The van der Waals surface area contributed by atoms with E-state index in [4.69, 9.17) is 16.3 Å². The van der Waals surface area contributed by atoms with E-state index in [9.17, 15) is 0 Å². The molecule has 0 N–H and O–H groups in total. The topological polar surface area (TPSA) is 54.4 Å². The highest BCUT2D eigenvalue weighted by Gasteiger charge is 2.39. The molecule has 2 saturated heterocycles. The van der Waals surface area contributed by atoms with Gasteiger partial charge in [-0.1, -0.05) is 0 Å². The van der Waals surface area contributed by atoms with Crippen LogP contribution in [0.4, 0.5) is 11.9 Å². The zero-order chi connectivity index (χ0) is 13.5. The van der Waals surface area contributed by atoms with Crippen molar-refractivity contribution in [2.75, 3.05) is 42.6 Å². The van der Waals surface area contributed by atoms with Gasteiger partial charge in [-0.3, -0.25) is 0 Å². The average molecular weight is 296 g/mol. The number of anilines is 2. The molecular weight excluding hydrogens is 278 g/mol. The van der Waals surface area contributed by atoms with Gasteiger partial charge in [-0.05, 0) is 36.8 Å². The monoisotopic (exact) mass is 295 g/mol. The lowest BCUT2D eigenvalue weighted by Crippen LogP contribution is -2.38. The summed E-state index contributed by atoms with van der Waals surface area (Å²) in [6.45, 7) is 4.12. The van der Waals surface area contributed by atoms with Crippen molar-refractivity contribution in [3.8, 4) is 0 Å². The number of piperidine rings is 1. The molecule has 2 aliphatic heterocycles. The van der Waals surface area contributed by atoms with Crippen LogP contribution >= 0.6 is 11.6 Å². The summed E-state index contributed by atoms with van der Waals surface area (Å²) in [5.41, 5.74) is 0. The Kier molecular flexibility index (Phi) is 3.15. The summed E-state index contributed by atoms with van der Waals surface area (Å²) in [7, 11) is 0. The quantitative estimate of drug-likeness (QED) is 0.821. The number of hydrogen-bond donors (Lipinski definition) is 0. The van der Waals surface area contributed by atoms with Crippen molar-refractivity contribution < 1.29 is 4.74 Å². The first-order valence-corrected chi connectivity index (χ1v) is 7.68. The molecule has 6 nitrogen and oxygen atoms in total. The summed E-state index contributed by atoms with van der Waals surface area (Å²) in [6.07, 6.45) is 3.87. The Morgan fingerprint density at radius 1 is 1.05 bits per heavy atom. The van der Waals surface area contributed by atoms with Gasteiger partial charge in [0, 0.05) is 25.7 Å². The first-order valence-electron chi connectivity index (χ1n) is 7.30. The van der Waals surface area contributed by atoms with Gasteiger partial charge in [-0.2, -0.15) is 15.0 Å². The largest absolute Gasteiger partial charge is 0.378 e. The van der Waals surface area contributed by atoms with Crippen LogP contribution in [0.2, 0.25) is 5.28 Å². The van der Waals surface area contributed by atoms with Gasteiger partial charge in [0.15, 0.2) is 0 Å². The van der Waals surface area contributed by atoms with Crippen molar-refractivity contribution in [3.05, 3.63) is 5.28 Å². The summed E-state index contributed by atoms with van der Waals surface area (Å²) in [6, 6.07) is 0.594. The molecule has 0 aromatic carbocycles. The minimum Gasteiger partial charge on any atom is -0.378 e. The Balaban J connectivity index is 1.61. The van der Waals surface area contributed by atoms with Crippen molar-refractivity contribution in [3.63, 3.8) is 0 Å². The van der Waals surface area contributed by atoms with E-state index < -0.39 is 0 Å². The number of rotatable bonds is 2. The van der Waals surface area contributed by atoms with Crippen molar-refractivity contribution in [1.29, 1.82) is 0 Å². The SMILES string of the molecule is Clc1nc(N2CCOCC2)nc(N2CC3CCC2C3)n1. The van der Waals surface area contributed by atoms with Crippen LogP contribution in [-0.4, -0.2) is 53.8 Å². The van der Waals surface area contributed by atoms with Crippen molar-refractivity contribution in [2.45, 2.75) is 25.3 Å². The minimum absolute atomic E-state index is 0.291. The summed E-state index contributed by atoms with van der Waals surface area (Å²) >= 11 is 6.10. The number of fused-ring (bicyclic) bond motifs is 2. The zero-order valence-electron chi connectivity index (χ0n) is 11.3. The molecule has 0 spiro atoms. The average Bonchev–Trinajstić information content (AvgIpc) is 3.10. The molecule has 20 heavy (non-hydrogen) atoms. The lowest BCUT2D eigenvalue weighted by atomic mass is 10.1. The summed E-state index contributed by atoms with van der Waals surface area (Å²) in [5, 5.41) is 0.291. The Bertz CT molecular complexity index is 508. The molecule has 4 rings (SSSR count). The Morgan fingerprint density at radius 2 is 1.85 bits per heavy atom. The van der Waals surface area contributed by atoms with Crippen molar-refractivity contribution >= 4 is 23.5 Å². The van der Waals surface area contributed by atoms with E-state index in [-0.39, 0.29) is 0 Å². The maximum absolute atomic E-state index is 6.10. The highest BCUT2D eigenvalue weighted by atomic mass is 35.5. The lowest BCUT2D eigenvalue weighted by molar-refractivity contribution is 0.122. The van der Waals surface area contributed by atoms with Gasteiger partial charge in [0.25, 0.3) is 0 Å². The first-order chi connectivity index (χ1) is 9.79. The summed E-state index contributed by atoms with van der Waals surface area (Å²) in [5.74, 6) is 2.24. The molecule has 3 heterocycles. The molecule has 0 radical (unpaired) electrons. The van der Waals surface area contributed by atoms with Crippen molar-refractivity contribution in [1.82, 2.24) is 15.0 Å². The third-order valence-electron chi connectivity index (χ3n) is 4.54. The smallest absolute Gasteiger partial charge is 0.231 e. The zero-order valence-corrected chi connectivity index (χ0v) is 12.1. The number of ether oxygens (including phenoxy) is 1. The summed E-state index contributed by atoms with van der Waals surface area (Å²) in [4.78, 5) is 17.7. The fourth-order valence-corrected chi connectivity index (χ4v) is 3.68. The van der Waals surface area contributed by atoms with Gasteiger partial charge in [-0.15, -0.1) is 0 Å². The van der Waals surface area contributed by atoms with Crippen LogP contribution in [0.1, 0.15) is 19.3 Å². The Labute approximate surface area is 123 Å². The third-order valence-corrected chi connectivity index (χ3v) is 4.71. The number of hydrogen-bond acceptors (Lipinski definition) is 6. The molecule has 3 aliphatic rings. The normalized spacial score (nSPS) is 29.2. The van der Waals surface area contributed by atoms with Crippen LogP contribution in [0.5, 0.6) is 0 Å². The Hall–Kier alpha value is -1.14. The van der Waals surface area contributed by atoms with E-state index in [1.54, 1.807) is 0 Å². The van der Waals surface area contributed by atoms with Crippen LogP contribution < -0.4 is 9.80 Å². The fourth-order valence-electron chi connectivity index (χ4n) is 3.53. The number of halogens is 1. The lowest BCUT2D eigenvalue weighted by Gasteiger charge is -2.30. The van der Waals surface area contributed by atoms with Gasteiger partial charge in [0.05, 0.1) is 13.2 Å². The van der Waals surface area contributed by atoms with E-state index >= 15 is 0 Å². The number of nitrogens with zero attached hydrogens (tertiary/aromatic N) is 5. The van der Waals surface area contributed by atoms with E-state index in [0.717, 1.165) is 31.5 Å². The second kappa shape index (κ2) is 5.00. The van der Waals surface area contributed by atoms with Gasteiger partial charge in [0.2, 0.25) is 17.2 Å². The third kappa shape index (κ3) is 2.20. The molecule has 2 unspecified atom stereocenters. The molecular formula is C13H18ClN5O. The summed E-state index contributed by atoms with van der Waals surface area (Å²) < 4.78 is 5.37. The second-order valence-corrected chi connectivity index (χ2v) is 6.13.